The fourth-order valence-electron chi connectivity index (χ4n) is 3.73. The van der Waals surface area contributed by atoms with Crippen molar-refractivity contribution in [1.29, 1.82) is 0 Å². The molecule has 0 aliphatic carbocycles. The molecule has 1 atom stereocenters. The van der Waals surface area contributed by atoms with E-state index in [1.54, 1.807) is 0 Å². The fourth-order valence-corrected chi connectivity index (χ4v) is 3.73. The summed E-state index contributed by atoms with van der Waals surface area (Å²) in [6.07, 6.45) is 2.75. The van der Waals surface area contributed by atoms with Crippen molar-refractivity contribution in [3.05, 3.63) is 30.0 Å². The van der Waals surface area contributed by atoms with Crippen LogP contribution in [0.4, 0.5) is 0 Å². The van der Waals surface area contributed by atoms with Crippen LogP contribution in [0.2, 0.25) is 0 Å². The molecule has 3 heterocycles. The maximum absolute atomic E-state index is 12.7. The van der Waals surface area contributed by atoms with Crippen molar-refractivity contribution in [2.24, 2.45) is 5.92 Å². The van der Waals surface area contributed by atoms with Crippen LogP contribution in [0.5, 0.6) is 0 Å². The van der Waals surface area contributed by atoms with Crippen molar-refractivity contribution >= 4 is 16.8 Å². The average molecular weight is 358 g/mol. The van der Waals surface area contributed by atoms with E-state index in [2.05, 4.69) is 33.3 Å². The highest BCUT2D eigenvalue weighted by Gasteiger charge is 2.24. The Morgan fingerprint density at radius 1 is 1.19 bits per heavy atom. The first-order valence-corrected chi connectivity index (χ1v) is 9.35. The molecule has 0 bridgehead atoms. The molecular formula is C19H26N4O3. The van der Waals surface area contributed by atoms with Crippen LogP contribution in [0.15, 0.2) is 24.4 Å². The molecule has 0 radical (unpaired) electrons. The number of rotatable bonds is 4. The van der Waals surface area contributed by atoms with Crippen LogP contribution in [-0.4, -0.2) is 85.1 Å². The predicted molar refractivity (Wildman–Crippen MR) is 97.9 cm³/mol. The van der Waals surface area contributed by atoms with E-state index in [4.69, 9.17) is 9.47 Å². The van der Waals surface area contributed by atoms with E-state index < -0.39 is 0 Å². The lowest BCUT2D eigenvalue weighted by molar-refractivity contribution is -0.133. The molecule has 1 aromatic carbocycles. The SMILES string of the molecule is O=C(CN1CCOCC1)N1CCOC[C@H](Cc2ccc3[nH]ncc3c2)C1. The number of carbonyl (C=O) groups is 1. The molecular weight excluding hydrogens is 332 g/mol. The van der Waals surface area contributed by atoms with E-state index in [-0.39, 0.29) is 5.91 Å². The summed E-state index contributed by atoms with van der Waals surface area (Å²) in [5, 5.41) is 8.18. The van der Waals surface area contributed by atoms with E-state index in [0.29, 0.717) is 32.2 Å². The lowest BCUT2D eigenvalue weighted by atomic mass is 9.98. The molecule has 4 rings (SSSR count). The summed E-state index contributed by atoms with van der Waals surface area (Å²) in [4.78, 5) is 16.9. The van der Waals surface area contributed by atoms with Crippen molar-refractivity contribution in [3.8, 4) is 0 Å². The molecule has 2 fully saturated rings. The van der Waals surface area contributed by atoms with Gasteiger partial charge in [0.05, 0.1) is 44.7 Å². The van der Waals surface area contributed by atoms with Crippen LogP contribution in [0.3, 0.4) is 0 Å². The Balaban J connectivity index is 1.37. The molecule has 1 amide bonds. The summed E-state index contributed by atoms with van der Waals surface area (Å²) in [5.41, 5.74) is 2.31. The van der Waals surface area contributed by atoms with Gasteiger partial charge in [-0.25, -0.2) is 0 Å². The number of hydrogen-bond acceptors (Lipinski definition) is 5. The van der Waals surface area contributed by atoms with Crippen LogP contribution in [0.25, 0.3) is 10.9 Å². The number of aromatic amines is 1. The molecule has 7 heteroatoms. The van der Waals surface area contributed by atoms with Gasteiger partial charge in [0, 0.05) is 37.5 Å². The third-order valence-electron chi connectivity index (χ3n) is 5.18. The summed E-state index contributed by atoms with van der Waals surface area (Å²) in [7, 11) is 0. The third kappa shape index (κ3) is 4.23. The van der Waals surface area contributed by atoms with Gasteiger partial charge in [0.25, 0.3) is 0 Å². The lowest BCUT2D eigenvalue weighted by Crippen LogP contribution is -2.46. The predicted octanol–water partition coefficient (Wildman–Crippen LogP) is 0.913. The van der Waals surface area contributed by atoms with Crippen molar-refractivity contribution in [2.45, 2.75) is 6.42 Å². The van der Waals surface area contributed by atoms with Gasteiger partial charge in [0.1, 0.15) is 0 Å². The van der Waals surface area contributed by atoms with Crippen LogP contribution in [0, 0.1) is 5.92 Å². The van der Waals surface area contributed by atoms with Crippen molar-refractivity contribution < 1.29 is 14.3 Å². The number of nitrogens with zero attached hydrogens (tertiary/aromatic N) is 3. The number of benzene rings is 1. The Labute approximate surface area is 153 Å². The minimum Gasteiger partial charge on any atom is -0.379 e. The van der Waals surface area contributed by atoms with Crippen LogP contribution < -0.4 is 0 Å². The first-order chi connectivity index (χ1) is 12.8. The number of ether oxygens (including phenoxy) is 2. The average Bonchev–Trinajstić information content (AvgIpc) is 3.00. The molecule has 2 aliphatic heterocycles. The van der Waals surface area contributed by atoms with E-state index in [9.17, 15) is 4.79 Å². The Morgan fingerprint density at radius 3 is 2.92 bits per heavy atom. The normalized spacial score (nSPS) is 22.5. The zero-order chi connectivity index (χ0) is 17.8. The molecule has 7 nitrogen and oxygen atoms in total. The highest BCUT2D eigenvalue weighted by molar-refractivity contribution is 5.79. The molecule has 2 aliphatic rings. The Kier molecular flexibility index (Phi) is 5.48. The van der Waals surface area contributed by atoms with Gasteiger partial charge in [0.15, 0.2) is 0 Å². The van der Waals surface area contributed by atoms with E-state index >= 15 is 0 Å². The second kappa shape index (κ2) is 8.16. The highest BCUT2D eigenvalue weighted by atomic mass is 16.5. The number of morpholine rings is 1. The number of H-pyrrole nitrogens is 1. The maximum Gasteiger partial charge on any atom is 0.236 e. The zero-order valence-corrected chi connectivity index (χ0v) is 15.0. The molecule has 0 unspecified atom stereocenters. The summed E-state index contributed by atoms with van der Waals surface area (Å²) >= 11 is 0. The summed E-state index contributed by atoms with van der Waals surface area (Å²) < 4.78 is 11.1. The summed E-state index contributed by atoms with van der Waals surface area (Å²) in [5.74, 6) is 0.517. The van der Waals surface area contributed by atoms with Crippen LogP contribution in [0.1, 0.15) is 5.56 Å². The van der Waals surface area contributed by atoms with E-state index in [1.807, 2.05) is 11.1 Å². The molecule has 1 N–H and O–H groups in total. The van der Waals surface area contributed by atoms with Gasteiger partial charge < -0.3 is 14.4 Å². The first kappa shape index (κ1) is 17.5. The van der Waals surface area contributed by atoms with Crippen LogP contribution >= 0.6 is 0 Å². The summed E-state index contributed by atoms with van der Waals surface area (Å²) in [6.45, 7) is 6.35. The van der Waals surface area contributed by atoms with Crippen molar-refractivity contribution in [1.82, 2.24) is 20.0 Å². The largest absolute Gasteiger partial charge is 0.379 e. The Hall–Kier alpha value is -1.96. The second-order valence-electron chi connectivity index (χ2n) is 7.16. The number of amides is 1. The minimum absolute atomic E-state index is 0.202. The molecule has 1 aromatic heterocycles. The quantitative estimate of drug-likeness (QED) is 0.880. The smallest absolute Gasteiger partial charge is 0.236 e. The number of hydrogen-bond donors (Lipinski definition) is 1. The van der Waals surface area contributed by atoms with Gasteiger partial charge in [-0.3, -0.25) is 14.8 Å². The van der Waals surface area contributed by atoms with Crippen LogP contribution in [-0.2, 0) is 20.7 Å². The Bertz CT molecular complexity index is 741. The Morgan fingerprint density at radius 2 is 2.04 bits per heavy atom. The number of nitrogens with one attached hydrogen (secondary N) is 1. The highest BCUT2D eigenvalue weighted by Crippen LogP contribution is 2.18. The molecule has 2 aromatic rings. The molecule has 0 saturated carbocycles. The standard InChI is InChI=1S/C19H26N4O3/c24-19(13-22-3-6-25-7-4-22)23-5-8-26-14-16(12-23)9-15-1-2-18-17(10-15)11-20-21-18/h1-2,10-11,16H,3-9,12-14H2,(H,20,21)/t16-/m1/s1. The zero-order valence-electron chi connectivity index (χ0n) is 15.0. The number of carbonyl (C=O) groups excluding carboxylic acids is 1. The van der Waals surface area contributed by atoms with Gasteiger partial charge >= 0.3 is 0 Å². The molecule has 0 spiro atoms. The van der Waals surface area contributed by atoms with Gasteiger partial charge in [-0.2, -0.15) is 5.10 Å². The van der Waals surface area contributed by atoms with Gasteiger partial charge in [-0.1, -0.05) is 6.07 Å². The molecule has 26 heavy (non-hydrogen) atoms. The van der Waals surface area contributed by atoms with Gasteiger partial charge in [-0.15, -0.1) is 0 Å². The van der Waals surface area contributed by atoms with E-state index in [1.165, 1.54) is 5.56 Å². The summed E-state index contributed by atoms with van der Waals surface area (Å²) in [6, 6.07) is 6.37. The monoisotopic (exact) mass is 358 g/mol. The first-order valence-electron chi connectivity index (χ1n) is 9.35. The fraction of sp³-hybridized carbons (Fsp3) is 0.579. The van der Waals surface area contributed by atoms with Gasteiger partial charge in [0.2, 0.25) is 5.91 Å². The maximum atomic E-state index is 12.7. The van der Waals surface area contributed by atoms with E-state index in [0.717, 1.165) is 50.2 Å². The second-order valence-corrected chi connectivity index (χ2v) is 7.16. The third-order valence-corrected chi connectivity index (χ3v) is 5.18. The van der Waals surface area contributed by atoms with Crippen molar-refractivity contribution in [2.75, 3.05) is 59.2 Å². The van der Waals surface area contributed by atoms with Gasteiger partial charge in [-0.05, 0) is 24.1 Å². The lowest BCUT2D eigenvalue weighted by Gasteiger charge is -2.30. The number of fused-ring (bicyclic) bond motifs is 1. The number of aromatic nitrogens is 2. The van der Waals surface area contributed by atoms with Crippen molar-refractivity contribution in [3.63, 3.8) is 0 Å². The molecule has 2 saturated heterocycles. The minimum atomic E-state index is 0.202. The molecule has 140 valence electrons. The topological polar surface area (TPSA) is 70.7 Å².